The summed E-state index contributed by atoms with van der Waals surface area (Å²) in [7, 11) is -3.52. The molecule has 19 heavy (non-hydrogen) atoms. The normalized spacial score (nSPS) is 13.0. The van der Waals surface area contributed by atoms with Crippen LogP contribution in [-0.4, -0.2) is 25.7 Å². The minimum Gasteiger partial charge on any atom is -0.389 e. The number of aliphatic hydroxyl groups is 1. The van der Waals surface area contributed by atoms with Crippen LogP contribution in [0.15, 0.2) is 35.7 Å². The van der Waals surface area contributed by atoms with Crippen LogP contribution in [0.4, 0.5) is 0 Å². The van der Waals surface area contributed by atoms with E-state index in [4.69, 9.17) is 0 Å². The van der Waals surface area contributed by atoms with E-state index in [1.807, 2.05) is 44.2 Å². The number of benzene rings is 1. The van der Waals surface area contributed by atoms with Crippen molar-refractivity contribution in [3.05, 3.63) is 41.3 Å². The summed E-state index contributed by atoms with van der Waals surface area (Å²) < 4.78 is 26.0. The van der Waals surface area contributed by atoms with E-state index in [1.165, 1.54) is 6.08 Å². The van der Waals surface area contributed by atoms with Gasteiger partial charge in [0.1, 0.15) is 0 Å². The van der Waals surface area contributed by atoms with Crippen LogP contribution >= 0.6 is 0 Å². The van der Waals surface area contributed by atoms with Gasteiger partial charge in [0.2, 0.25) is 10.0 Å². The Kier molecular flexibility index (Phi) is 5.72. The predicted octanol–water partition coefficient (Wildman–Crippen LogP) is 2.13. The second-order valence-corrected chi connectivity index (χ2v) is 6.16. The molecule has 0 unspecified atom stereocenters. The molecule has 4 nitrogen and oxygen atoms in total. The van der Waals surface area contributed by atoms with Gasteiger partial charge in [-0.2, -0.15) is 0 Å². The van der Waals surface area contributed by atoms with Crippen molar-refractivity contribution in [1.29, 1.82) is 0 Å². The van der Waals surface area contributed by atoms with Crippen molar-refractivity contribution in [1.82, 2.24) is 4.72 Å². The Morgan fingerprint density at radius 2 is 1.79 bits per heavy atom. The van der Waals surface area contributed by atoms with Crippen LogP contribution in [0, 0.1) is 0 Å². The van der Waals surface area contributed by atoms with E-state index in [0.717, 1.165) is 11.0 Å². The second kappa shape index (κ2) is 6.84. The van der Waals surface area contributed by atoms with Crippen molar-refractivity contribution in [2.45, 2.75) is 32.3 Å². The molecule has 0 aliphatic carbocycles. The zero-order chi connectivity index (χ0) is 14.4. The quantitative estimate of drug-likeness (QED) is 0.805. The van der Waals surface area contributed by atoms with Gasteiger partial charge in [-0.3, -0.25) is 0 Å². The van der Waals surface area contributed by atoms with Crippen LogP contribution in [0.2, 0.25) is 0 Å². The molecular formula is C14H21NO3S. The lowest BCUT2D eigenvalue weighted by Crippen LogP contribution is -2.41. The van der Waals surface area contributed by atoms with E-state index in [0.29, 0.717) is 12.8 Å². The maximum absolute atomic E-state index is 11.8. The number of hydrogen-bond donors (Lipinski definition) is 2. The van der Waals surface area contributed by atoms with Crippen LogP contribution < -0.4 is 4.72 Å². The zero-order valence-corrected chi connectivity index (χ0v) is 12.2. The van der Waals surface area contributed by atoms with Crippen molar-refractivity contribution in [2.24, 2.45) is 0 Å². The van der Waals surface area contributed by atoms with Gasteiger partial charge in [0.15, 0.2) is 0 Å². The first kappa shape index (κ1) is 15.9. The summed E-state index contributed by atoms with van der Waals surface area (Å²) in [5.41, 5.74) is -0.165. The topological polar surface area (TPSA) is 66.4 Å². The van der Waals surface area contributed by atoms with Crippen molar-refractivity contribution < 1.29 is 13.5 Å². The highest BCUT2D eigenvalue weighted by atomic mass is 32.2. The van der Waals surface area contributed by atoms with Gasteiger partial charge in [-0.25, -0.2) is 13.1 Å². The van der Waals surface area contributed by atoms with Gasteiger partial charge in [0, 0.05) is 12.0 Å². The molecule has 2 N–H and O–H groups in total. The SMILES string of the molecule is CCC(O)(CC)CNS(=O)(=O)C=Cc1ccccc1. The molecule has 0 heterocycles. The van der Waals surface area contributed by atoms with Gasteiger partial charge in [-0.15, -0.1) is 0 Å². The van der Waals surface area contributed by atoms with Gasteiger partial charge < -0.3 is 5.11 Å². The molecule has 0 aromatic heterocycles. The lowest BCUT2D eigenvalue weighted by atomic mass is 9.98. The highest BCUT2D eigenvalue weighted by Crippen LogP contribution is 2.13. The van der Waals surface area contributed by atoms with Crippen LogP contribution in [0.1, 0.15) is 32.3 Å². The van der Waals surface area contributed by atoms with Gasteiger partial charge >= 0.3 is 0 Å². The van der Waals surface area contributed by atoms with Crippen LogP contribution in [-0.2, 0) is 10.0 Å². The molecule has 5 heteroatoms. The second-order valence-electron chi connectivity index (χ2n) is 4.51. The maximum Gasteiger partial charge on any atom is 0.233 e. The summed E-state index contributed by atoms with van der Waals surface area (Å²) in [5, 5.41) is 11.1. The molecule has 0 aliphatic rings. The Morgan fingerprint density at radius 1 is 1.21 bits per heavy atom. The highest BCUT2D eigenvalue weighted by Gasteiger charge is 2.23. The highest BCUT2D eigenvalue weighted by molar-refractivity contribution is 7.92. The predicted molar refractivity (Wildman–Crippen MR) is 77.9 cm³/mol. The van der Waals surface area contributed by atoms with Gasteiger partial charge in [0.25, 0.3) is 0 Å². The number of rotatable bonds is 7. The molecule has 0 aliphatic heterocycles. The first-order valence-corrected chi connectivity index (χ1v) is 7.90. The molecular weight excluding hydrogens is 262 g/mol. The molecule has 1 rings (SSSR count). The lowest BCUT2D eigenvalue weighted by Gasteiger charge is -2.24. The third kappa shape index (κ3) is 5.55. The van der Waals surface area contributed by atoms with E-state index in [9.17, 15) is 13.5 Å². The van der Waals surface area contributed by atoms with Crippen LogP contribution in [0.3, 0.4) is 0 Å². The average Bonchev–Trinajstić information content (AvgIpc) is 2.44. The van der Waals surface area contributed by atoms with Crippen molar-refractivity contribution in [3.8, 4) is 0 Å². The minimum absolute atomic E-state index is 0.0292. The smallest absolute Gasteiger partial charge is 0.233 e. The summed E-state index contributed by atoms with van der Waals surface area (Å²) in [6, 6.07) is 9.19. The summed E-state index contributed by atoms with van der Waals surface area (Å²) >= 11 is 0. The molecule has 0 fully saturated rings. The Bertz CT molecular complexity index is 505. The first-order valence-electron chi connectivity index (χ1n) is 6.36. The monoisotopic (exact) mass is 283 g/mol. The fraction of sp³-hybridized carbons (Fsp3) is 0.429. The summed E-state index contributed by atoms with van der Waals surface area (Å²) in [6.07, 6.45) is 2.54. The maximum atomic E-state index is 11.8. The first-order chi connectivity index (χ1) is 8.91. The van der Waals surface area contributed by atoms with Crippen molar-refractivity contribution >= 4 is 16.1 Å². The zero-order valence-electron chi connectivity index (χ0n) is 11.3. The summed E-state index contributed by atoms with van der Waals surface area (Å²) in [6.45, 7) is 3.69. The molecule has 0 amide bonds. The van der Waals surface area contributed by atoms with Gasteiger partial charge in [-0.05, 0) is 24.5 Å². The molecule has 0 radical (unpaired) electrons. The van der Waals surface area contributed by atoms with E-state index < -0.39 is 15.6 Å². The number of hydrogen-bond acceptors (Lipinski definition) is 3. The number of sulfonamides is 1. The van der Waals surface area contributed by atoms with E-state index in [1.54, 1.807) is 0 Å². The standard InChI is InChI=1S/C14H21NO3S/c1-3-14(16,4-2)12-15-19(17,18)11-10-13-8-6-5-7-9-13/h5-11,15-16H,3-4,12H2,1-2H3. The lowest BCUT2D eigenvalue weighted by molar-refractivity contribution is 0.0378. The Morgan fingerprint density at radius 3 is 2.32 bits per heavy atom. The van der Waals surface area contributed by atoms with E-state index in [-0.39, 0.29) is 6.54 Å². The van der Waals surface area contributed by atoms with Crippen LogP contribution in [0.5, 0.6) is 0 Å². The van der Waals surface area contributed by atoms with E-state index >= 15 is 0 Å². The molecule has 0 bridgehead atoms. The van der Waals surface area contributed by atoms with Crippen molar-refractivity contribution in [3.63, 3.8) is 0 Å². The Labute approximate surface area is 115 Å². The molecule has 0 saturated heterocycles. The molecule has 1 aromatic rings. The minimum atomic E-state index is -3.52. The Hall–Kier alpha value is -1.17. The van der Waals surface area contributed by atoms with Crippen molar-refractivity contribution in [2.75, 3.05) is 6.54 Å². The Balaban J connectivity index is 2.65. The third-order valence-electron chi connectivity index (χ3n) is 3.16. The third-order valence-corrected chi connectivity index (χ3v) is 4.20. The fourth-order valence-corrected chi connectivity index (χ4v) is 2.42. The molecule has 1 aromatic carbocycles. The molecule has 106 valence electrons. The molecule has 0 spiro atoms. The molecule has 0 saturated carbocycles. The molecule has 0 atom stereocenters. The van der Waals surface area contributed by atoms with Crippen LogP contribution in [0.25, 0.3) is 6.08 Å². The van der Waals surface area contributed by atoms with E-state index in [2.05, 4.69) is 4.72 Å². The average molecular weight is 283 g/mol. The summed E-state index contributed by atoms with van der Waals surface area (Å²) in [4.78, 5) is 0. The fourth-order valence-electron chi connectivity index (χ4n) is 1.52. The van der Waals surface area contributed by atoms with Gasteiger partial charge in [0.05, 0.1) is 5.60 Å². The number of nitrogens with one attached hydrogen (secondary N) is 1. The largest absolute Gasteiger partial charge is 0.389 e. The van der Waals surface area contributed by atoms with Gasteiger partial charge in [-0.1, -0.05) is 44.2 Å². The summed E-state index contributed by atoms with van der Waals surface area (Å²) in [5.74, 6) is 0.